The molecule has 0 aliphatic carbocycles. The maximum absolute atomic E-state index is 13.0. The highest BCUT2D eigenvalue weighted by Gasteiger charge is 2.27. The fourth-order valence-electron chi connectivity index (χ4n) is 3.12. The van der Waals surface area contributed by atoms with Crippen LogP contribution < -0.4 is 18.9 Å². The SMILES string of the molecule is COc1cc(C(=O)N2CCCC(Oc3cnccn3)C2)cc(OC)c1OC. The Balaban J connectivity index is 1.76. The van der Waals surface area contributed by atoms with Crippen LogP contribution in [0.5, 0.6) is 23.1 Å². The summed E-state index contributed by atoms with van der Waals surface area (Å²) in [7, 11) is 4.58. The van der Waals surface area contributed by atoms with Gasteiger partial charge in [-0.15, -0.1) is 0 Å². The predicted molar refractivity (Wildman–Crippen MR) is 97.7 cm³/mol. The van der Waals surface area contributed by atoms with Gasteiger partial charge in [-0.2, -0.15) is 0 Å². The molecule has 1 unspecified atom stereocenters. The third-order valence-corrected chi connectivity index (χ3v) is 4.40. The number of carbonyl (C=O) groups excluding carboxylic acids is 1. The number of benzene rings is 1. The van der Waals surface area contributed by atoms with Crippen molar-refractivity contribution in [2.75, 3.05) is 34.4 Å². The van der Waals surface area contributed by atoms with E-state index in [1.165, 1.54) is 21.3 Å². The van der Waals surface area contributed by atoms with Gasteiger partial charge < -0.3 is 23.8 Å². The van der Waals surface area contributed by atoms with Gasteiger partial charge in [-0.25, -0.2) is 4.98 Å². The minimum atomic E-state index is -0.124. The van der Waals surface area contributed by atoms with Gasteiger partial charge in [0.1, 0.15) is 6.10 Å². The van der Waals surface area contributed by atoms with Gasteiger partial charge in [-0.05, 0) is 25.0 Å². The topological polar surface area (TPSA) is 83.0 Å². The van der Waals surface area contributed by atoms with Crippen LogP contribution in [0.15, 0.2) is 30.7 Å². The second-order valence-corrected chi connectivity index (χ2v) is 6.09. The monoisotopic (exact) mass is 373 g/mol. The van der Waals surface area contributed by atoms with Crippen LogP contribution >= 0.6 is 0 Å². The Kier molecular flexibility index (Phi) is 5.95. The zero-order valence-corrected chi connectivity index (χ0v) is 15.7. The average molecular weight is 373 g/mol. The molecule has 0 N–H and O–H groups in total. The maximum Gasteiger partial charge on any atom is 0.254 e. The molecule has 1 fully saturated rings. The van der Waals surface area contributed by atoms with E-state index in [1.54, 1.807) is 35.6 Å². The van der Waals surface area contributed by atoms with Gasteiger partial charge in [0, 0.05) is 24.5 Å². The summed E-state index contributed by atoms with van der Waals surface area (Å²) in [6, 6.07) is 3.33. The van der Waals surface area contributed by atoms with Gasteiger partial charge in [0.25, 0.3) is 5.91 Å². The van der Waals surface area contributed by atoms with E-state index >= 15 is 0 Å². The summed E-state index contributed by atoms with van der Waals surface area (Å²) < 4.78 is 21.9. The largest absolute Gasteiger partial charge is 0.493 e. The van der Waals surface area contributed by atoms with E-state index in [4.69, 9.17) is 18.9 Å². The molecule has 1 aromatic heterocycles. The van der Waals surface area contributed by atoms with Gasteiger partial charge in [-0.1, -0.05) is 0 Å². The summed E-state index contributed by atoms with van der Waals surface area (Å²) in [6.07, 6.45) is 6.32. The lowest BCUT2D eigenvalue weighted by Crippen LogP contribution is -2.44. The smallest absolute Gasteiger partial charge is 0.254 e. The van der Waals surface area contributed by atoms with Crippen LogP contribution in [0.2, 0.25) is 0 Å². The number of piperidine rings is 1. The zero-order chi connectivity index (χ0) is 19.2. The second-order valence-electron chi connectivity index (χ2n) is 6.09. The lowest BCUT2D eigenvalue weighted by atomic mass is 10.1. The molecule has 0 spiro atoms. The fraction of sp³-hybridized carbons (Fsp3) is 0.421. The minimum Gasteiger partial charge on any atom is -0.493 e. The van der Waals surface area contributed by atoms with Crippen molar-refractivity contribution < 1.29 is 23.7 Å². The number of aromatic nitrogens is 2. The molecule has 1 amide bonds. The minimum absolute atomic E-state index is 0.110. The molecule has 144 valence electrons. The molecule has 3 rings (SSSR count). The van der Waals surface area contributed by atoms with E-state index in [1.807, 2.05) is 0 Å². The number of likely N-dealkylation sites (tertiary alicyclic amines) is 1. The van der Waals surface area contributed by atoms with Gasteiger partial charge in [0.15, 0.2) is 11.5 Å². The van der Waals surface area contributed by atoms with E-state index in [0.29, 0.717) is 41.8 Å². The molecule has 2 heterocycles. The Morgan fingerprint density at radius 1 is 1.11 bits per heavy atom. The lowest BCUT2D eigenvalue weighted by molar-refractivity contribution is 0.0526. The van der Waals surface area contributed by atoms with Crippen LogP contribution in [0.3, 0.4) is 0 Å². The van der Waals surface area contributed by atoms with Crippen LogP contribution in [0.4, 0.5) is 0 Å². The fourth-order valence-corrected chi connectivity index (χ4v) is 3.12. The van der Waals surface area contributed by atoms with Crippen molar-refractivity contribution in [3.8, 4) is 23.1 Å². The first-order valence-corrected chi connectivity index (χ1v) is 8.68. The molecule has 1 aromatic carbocycles. The number of ether oxygens (including phenoxy) is 4. The first-order valence-electron chi connectivity index (χ1n) is 8.68. The molecule has 27 heavy (non-hydrogen) atoms. The summed E-state index contributed by atoms with van der Waals surface area (Å²) >= 11 is 0. The number of rotatable bonds is 6. The second kappa shape index (κ2) is 8.57. The van der Waals surface area contributed by atoms with E-state index in [2.05, 4.69) is 9.97 Å². The van der Waals surface area contributed by atoms with Crippen molar-refractivity contribution >= 4 is 5.91 Å². The summed E-state index contributed by atoms with van der Waals surface area (Å²) in [5.74, 6) is 1.71. The van der Waals surface area contributed by atoms with E-state index < -0.39 is 0 Å². The molecule has 8 nitrogen and oxygen atoms in total. The summed E-state index contributed by atoms with van der Waals surface area (Å²) in [6.45, 7) is 1.14. The van der Waals surface area contributed by atoms with Crippen LogP contribution in [0.1, 0.15) is 23.2 Å². The standard InChI is InChI=1S/C19H23N3O5/c1-24-15-9-13(10-16(25-2)18(15)26-3)19(23)22-8-4-5-14(12-22)27-17-11-20-6-7-21-17/h6-7,9-11,14H,4-5,8,12H2,1-3H3. The third kappa shape index (κ3) is 4.21. The summed E-state index contributed by atoms with van der Waals surface area (Å²) in [5, 5.41) is 0. The van der Waals surface area contributed by atoms with E-state index in [9.17, 15) is 4.79 Å². The predicted octanol–water partition coefficient (Wildman–Crippen LogP) is 2.19. The molecule has 8 heteroatoms. The molecular formula is C19H23N3O5. The van der Waals surface area contributed by atoms with Crippen molar-refractivity contribution in [2.45, 2.75) is 18.9 Å². The van der Waals surface area contributed by atoms with Crippen molar-refractivity contribution in [2.24, 2.45) is 0 Å². The molecule has 2 aromatic rings. The summed E-state index contributed by atoms with van der Waals surface area (Å²) in [5.41, 5.74) is 0.477. The molecule has 0 radical (unpaired) electrons. The molecule has 0 bridgehead atoms. The van der Waals surface area contributed by atoms with Gasteiger partial charge in [0.05, 0.1) is 34.1 Å². The van der Waals surface area contributed by atoms with Crippen LogP contribution in [-0.2, 0) is 0 Å². The highest BCUT2D eigenvalue weighted by Crippen LogP contribution is 2.38. The molecule has 1 aliphatic heterocycles. The normalized spacial score (nSPS) is 16.6. The Morgan fingerprint density at radius 3 is 2.44 bits per heavy atom. The summed E-state index contributed by atoms with van der Waals surface area (Å²) in [4.78, 5) is 22.9. The number of hydrogen-bond acceptors (Lipinski definition) is 7. The quantitative estimate of drug-likeness (QED) is 0.767. The van der Waals surface area contributed by atoms with Gasteiger partial charge >= 0.3 is 0 Å². The van der Waals surface area contributed by atoms with Crippen LogP contribution in [0.25, 0.3) is 0 Å². The van der Waals surface area contributed by atoms with E-state index in [-0.39, 0.29) is 12.0 Å². The number of nitrogens with zero attached hydrogens (tertiary/aromatic N) is 3. The van der Waals surface area contributed by atoms with Gasteiger partial charge in [0.2, 0.25) is 11.6 Å². The van der Waals surface area contributed by atoms with Crippen LogP contribution in [0, 0.1) is 0 Å². The number of methoxy groups -OCH3 is 3. The Hall–Kier alpha value is -3.03. The molecule has 1 atom stereocenters. The molecular weight excluding hydrogens is 350 g/mol. The Labute approximate surface area is 158 Å². The van der Waals surface area contributed by atoms with Crippen molar-refractivity contribution in [3.63, 3.8) is 0 Å². The first kappa shape index (κ1) is 18.8. The number of hydrogen-bond donors (Lipinski definition) is 0. The van der Waals surface area contributed by atoms with Crippen molar-refractivity contribution in [1.29, 1.82) is 0 Å². The highest BCUT2D eigenvalue weighted by atomic mass is 16.5. The van der Waals surface area contributed by atoms with Gasteiger partial charge in [-0.3, -0.25) is 9.78 Å². The molecule has 0 saturated carbocycles. The molecule has 1 aliphatic rings. The molecule has 1 saturated heterocycles. The Morgan fingerprint density at radius 2 is 1.85 bits per heavy atom. The highest BCUT2D eigenvalue weighted by molar-refractivity contribution is 5.95. The van der Waals surface area contributed by atoms with Crippen molar-refractivity contribution in [1.82, 2.24) is 14.9 Å². The zero-order valence-electron chi connectivity index (χ0n) is 15.7. The Bertz CT molecular complexity index is 759. The lowest BCUT2D eigenvalue weighted by Gasteiger charge is -2.32. The van der Waals surface area contributed by atoms with E-state index in [0.717, 1.165) is 12.8 Å². The van der Waals surface area contributed by atoms with Crippen LogP contribution in [-0.4, -0.2) is 61.3 Å². The van der Waals surface area contributed by atoms with Crippen molar-refractivity contribution in [3.05, 3.63) is 36.3 Å². The first-order chi connectivity index (χ1) is 13.2. The average Bonchev–Trinajstić information content (AvgIpc) is 2.73. The third-order valence-electron chi connectivity index (χ3n) is 4.40. The number of amides is 1. The maximum atomic E-state index is 13.0. The number of carbonyl (C=O) groups is 1.